The van der Waals surface area contributed by atoms with E-state index in [1.54, 1.807) is 42.7 Å². The molecular formula is C33H27F2N3O3. The predicted molar refractivity (Wildman–Crippen MR) is 152 cm³/mol. The molecule has 5 aromatic rings. The van der Waals surface area contributed by atoms with E-state index in [1.807, 2.05) is 13.8 Å². The van der Waals surface area contributed by atoms with Crippen molar-refractivity contribution in [3.63, 3.8) is 0 Å². The van der Waals surface area contributed by atoms with Crippen molar-refractivity contribution < 1.29 is 22.8 Å². The quantitative estimate of drug-likeness (QED) is 0.218. The minimum Gasteiger partial charge on any atom is -0.455 e. The van der Waals surface area contributed by atoms with Crippen LogP contribution in [0.5, 0.6) is 0 Å². The first kappa shape index (κ1) is 26.5. The third kappa shape index (κ3) is 4.69. The third-order valence-electron chi connectivity index (χ3n) is 7.81. The van der Waals surface area contributed by atoms with E-state index < -0.39 is 17.5 Å². The highest BCUT2D eigenvalue weighted by Gasteiger charge is 2.48. The van der Waals surface area contributed by atoms with Crippen LogP contribution in [-0.2, 0) is 5.41 Å². The van der Waals surface area contributed by atoms with Crippen molar-refractivity contribution in [3.05, 3.63) is 107 Å². The number of rotatable bonds is 7. The van der Waals surface area contributed by atoms with Gasteiger partial charge in [0.15, 0.2) is 5.78 Å². The lowest BCUT2D eigenvalue weighted by Crippen LogP contribution is -2.18. The Kier molecular flexibility index (Phi) is 6.49. The SMILES string of the molecule is CNC(=O)c1c(-c2ccc(F)cc2)oc2ccc(-c3cc(C(=O)CC4(c5ncc(C)cn5)CC4)ccc3C)c(F)c12. The molecule has 1 saturated carbocycles. The van der Waals surface area contributed by atoms with Crippen molar-refractivity contribution in [2.45, 2.75) is 38.5 Å². The average Bonchev–Trinajstić information content (AvgIpc) is 3.64. The van der Waals surface area contributed by atoms with Crippen LogP contribution in [0.15, 0.2) is 71.4 Å². The second-order valence-electron chi connectivity index (χ2n) is 10.7. The highest BCUT2D eigenvalue weighted by atomic mass is 19.1. The number of Topliss-reactive ketones (excluding diaryl/α,β-unsaturated/α-hetero) is 1. The van der Waals surface area contributed by atoms with Gasteiger partial charge in [-0.2, -0.15) is 0 Å². The van der Waals surface area contributed by atoms with E-state index in [9.17, 15) is 14.0 Å². The molecule has 0 radical (unpaired) electrons. The summed E-state index contributed by atoms with van der Waals surface area (Å²) in [7, 11) is 1.45. The molecule has 1 N–H and O–H groups in total. The molecule has 2 aromatic heterocycles. The monoisotopic (exact) mass is 551 g/mol. The minimum absolute atomic E-state index is 0.0192. The summed E-state index contributed by atoms with van der Waals surface area (Å²) in [6.07, 6.45) is 5.47. The first-order valence-electron chi connectivity index (χ1n) is 13.4. The molecule has 0 atom stereocenters. The van der Waals surface area contributed by atoms with Crippen LogP contribution in [0.25, 0.3) is 33.4 Å². The molecule has 0 bridgehead atoms. The standard InChI is InChI=1S/C33H27F2N3O3/c1-18-16-37-32(38-17-18)33(12-13-33)15-25(39)21-5-4-19(2)24(14-21)23-10-11-26-27(29(23)35)28(31(40)36-3)30(41-26)20-6-8-22(34)9-7-20/h4-11,14,16-17H,12-13,15H2,1-3H3,(H,36,40). The Morgan fingerprint density at radius 2 is 1.66 bits per heavy atom. The first-order chi connectivity index (χ1) is 19.7. The Morgan fingerprint density at radius 1 is 0.951 bits per heavy atom. The summed E-state index contributed by atoms with van der Waals surface area (Å²) in [4.78, 5) is 35.3. The molecular weight excluding hydrogens is 524 g/mol. The number of fused-ring (bicyclic) bond motifs is 1. The number of aryl methyl sites for hydroxylation is 2. The number of benzene rings is 3. The number of furan rings is 1. The van der Waals surface area contributed by atoms with Crippen LogP contribution in [0.2, 0.25) is 0 Å². The molecule has 0 spiro atoms. The Morgan fingerprint density at radius 3 is 2.32 bits per heavy atom. The number of ketones is 1. The van der Waals surface area contributed by atoms with Crippen molar-refractivity contribution >= 4 is 22.7 Å². The highest BCUT2D eigenvalue weighted by molar-refractivity contribution is 6.12. The molecule has 1 amide bonds. The third-order valence-corrected chi connectivity index (χ3v) is 7.81. The Bertz CT molecular complexity index is 1820. The van der Waals surface area contributed by atoms with E-state index >= 15 is 4.39 Å². The number of nitrogens with zero attached hydrogens (tertiary/aromatic N) is 2. The predicted octanol–water partition coefficient (Wildman–Crippen LogP) is 7.12. The molecule has 8 heteroatoms. The van der Waals surface area contributed by atoms with Crippen molar-refractivity contribution in [1.29, 1.82) is 0 Å². The summed E-state index contributed by atoms with van der Waals surface area (Å²) >= 11 is 0. The van der Waals surface area contributed by atoms with Crippen molar-refractivity contribution in [1.82, 2.24) is 15.3 Å². The van der Waals surface area contributed by atoms with Crippen LogP contribution in [0.1, 0.15) is 56.9 Å². The Balaban J connectivity index is 1.41. The summed E-state index contributed by atoms with van der Waals surface area (Å²) in [5.74, 6) is -0.861. The van der Waals surface area contributed by atoms with Gasteiger partial charge in [-0.25, -0.2) is 18.7 Å². The molecule has 2 heterocycles. The van der Waals surface area contributed by atoms with Gasteiger partial charge in [0.1, 0.15) is 28.8 Å². The van der Waals surface area contributed by atoms with Crippen LogP contribution in [0, 0.1) is 25.5 Å². The van der Waals surface area contributed by atoms with E-state index in [-0.39, 0.29) is 45.5 Å². The maximum atomic E-state index is 16.4. The van der Waals surface area contributed by atoms with Crippen LogP contribution in [0.3, 0.4) is 0 Å². The van der Waals surface area contributed by atoms with Gasteiger partial charge in [0.2, 0.25) is 0 Å². The minimum atomic E-state index is -0.641. The molecule has 0 aliphatic heterocycles. The van der Waals surface area contributed by atoms with Gasteiger partial charge < -0.3 is 9.73 Å². The molecule has 6 nitrogen and oxygen atoms in total. The maximum Gasteiger partial charge on any atom is 0.255 e. The van der Waals surface area contributed by atoms with Gasteiger partial charge in [-0.3, -0.25) is 9.59 Å². The molecule has 0 saturated heterocycles. The maximum absolute atomic E-state index is 16.4. The molecule has 1 fully saturated rings. The van der Waals surface area contributed by atoms with E-state index in [1.165, 1.54) is 31.3 Å². The fourth-order valence-electron chi connectivity index (χ4n) is 5.30. The molecule has 0 unspecified atom stereocenters. The number of nitrogens with one attached hydrogen (secondary N) is 1. The summed E-state index contributed by atoms with van der Waals surface area (Å²) in [6.45, 7) is 3.76. The van der Waals surface area contributed by atoms with E-state index in [0.717, 1.165) is 24.0 Å². The Labute approximate surface area is 235 Å². The summed E-state index contributed by atoms with van der Waals surface area (Å²) in [5, 5.41) is 2.57. The van der Waals surface area contributed by atoms with E-state index in [0.29, 0.717) is 22.5 Å². The van der Waals surface area contributed by atoms with Gasteiger partial charge in [-0.1, -0.05) is 12.1 Å². The van der Waals surface area contributed by atoms with Crippen LogP contribution in [-0.4, -0.2) is 28.7 Å². The fraction of sp³-hybridized carbons (Fsp3) is 0.212. The summed E-state index contributed by atoms with van der Waals surface area (Å²) in [6, 6.07) is 13.9. The van der Waals surface area contributed by atoms with E-state index in [2.05, 4.69) is 15.3 Å². The molecule has 3 aromatic carbocycles. The number of amides is 1. The number of hydrogen-bond acceptors (Lipinski definition) is 5. The second-order valence-corrected chi connectivity index (χ2v) is 10.7. The van der Waals surface area contributed by atoms with Crippen LogP contribution >= 0.6 is 0 Å². The number of halogens is 2. The largest absolute Gasteiger partial charge is 0.455 e. The zero-order chi connectivity index (χ0) is 28.9. The number of carbonyl (C=O) groups is 2. The average molecular weight is 552 g/mol. The van der Waals surface area contributed by atoms with Crippen LogP contribution in [0.4, 0.5) is 8.78 Å². The van der Waals surface area contributed by atoms with Crippen molar-refractivity contribution in [2.24, 2.45) is 0 Å². The topological polar surface area (TPSA) is 85.1 Å². The normalized spacial score (nSPS) is 13.8. The molecule has 1 aliphatic rings. The number of hydrogen-bond donors (Lipinski definition) is 1. The van der Waals surface area contributed by atoms with Crippen molar-refractivity contribution in [2.75, 3.05) is 7.05 Å². The second kappa shape index (κ2) is 10.0. The van der Waals surface area contributed by atoms with Gasteiger partial charge in [0.25, 0.3) is 5.91 Å². The molecule has 1 aliphatic carbocycles. The lowest BCUT2D eigenvalue weighted by atomic mass is 9.90. The zero-order valence-corrected chi connectivity index (χ0v) is 22.8. The van der Waals surface area contributed by atoms with Crippen LogP contribution < -0.4 is 5.32 Å². The fourth-order valence-corrected chi connectivity index (χ4v) is 5.30. The zero-order valence-electron chi connectivity index (χ0n) is 22.8. The molecule has 41 heavy (non-hydrogen) atoms. The first-order valence-corrected chi connectivity index (χ1v) is 13.4. The van der Waals surface area contributed by atoms with Gasteiger partial charge in [-0.05, 0) is 85.8 Å². The summed E-state index contributed by atoms with van der Waals surface area (Å²) < 4.78 is 35.8. The van der Waals surface area contributed by atoms with Gasteiger partial charge in [-0.15, -0.1) is 0 Å². The molecule has 6 rings (SSSR count). The number of aromatic nitrogens is 2. The van der Waals surface area contributed by atoms with Crippen molar-refractivity contribution in [3.8, 4) is 22.5 Å². The lowest BCUT2D eigenvalue weighted by molar-refractivity contribution is 0.0958. The van der Waals surface area contributed by atoms with Gasteiger partial charge in [0, 0.05) is 48.0 Å². The Hall–Kier alpha value is -4.72. The number of carbonyl (C=O) groups excluding carboxylic acids is 2. The highest BCUT2D eigenvalue weighted by Crippen LogP contribution is 2.50. The summed E-state index contributed by atoms with van der Waals surface area (Å²) in [5.41, 5.74) is 3.26. The molecule has 206 valence electrons. The smallest absolute Gasteiger partial charge is 0.255 e. The van der Waals surface area contributed by atoms with Gasteiger partial charge >= 0.3 is 0 Å². The van der Waals surface area contributed by atoms with Gasteiger partial charge in [0.05, 0.1) is 10.9 Å². The van der Waals surface area contributed by atoms with E-state index in [4.69, 9.17) is 4.42 Å². The lowest BCUT2D eigenvalue weighted by Gasteiger charge is -2.14.